The van der Waals surface area contributed by atoms with E-state index in [9.17, 15) is 26.4 Å². The fraction of sp³-hybridized carbons (Fsp3) is 0.200. The van der Waals surface area contributed by atoms with Crippen LogP contribution < -0.4 is 14.8 Å². The zero-order valence-electron chi connectivity index (χ0n) is 17.0. The van der Waals surface area contributed by atoms with E-state index in [1.807, 2.05) is 0 Å². The van der Waals surface area contributed by atoms with Crippen molar-refractivity contribution in [2.45, 2.75) is 24.5 Å². The van der Waals surface area contributed by atoms with Crippen LogP contribution in [0.25, 0.3) is 0 Å². The Bertz CT molecular complexity index is 1240. The van der Waals surface area contributed by atoms with Crippen molar-refractivity contribution in [1.29, 1.82) is 0 Å². The first kappa shape index (κ1) is 23.1. The number of anilines is 2. The van der Waals surface area contributed by atoms with E-state index in [1.54, 1.807) is 25.1 Å². The summed E-state index contributed by atoms with van der Waals surface area (Å²) in [5.41, 5.74) is -0.295. The Labute approximate surface area is 182 Å². The molecular weight excluding hydrogens is 449 g/mol. The SMILES string of the molecule is COc1ccccc1NS(=O)(=O)c1cc(NC(=O)Cn2ccc(C(F)(F)F)n2)ccc1C. The molecule has 0 saturated carbocycles. The molecule has 1 heterocycles. The van der Waals surface area contributed by atoms with Crippen molar-refractivity contribution in [2.75, 3.05) is 17.1 Å². The van der Waals surface area contributed by atoms with Crippen molar-refractivity contribution >= 4 is 27.3 Å². The van der Waals surface area contributed by atoms with Crippen LogP contribution in [0.3, 0.4) is 0 Å². The third-order valence-electron chi connectivity index (χ3n) is 4.35. The van der Waals surface area contributed by atoms with Gasteiger partial charge in [0.05, 0.1) is 17.7 Å². The molecule has 0 aliphatic carbocycles. The Morgan fingerprint density at radius 1 is 1.16 bits per heavy atom. The quantitative estimate of drug-likeness (QED) is 0.551. The van der Waals surface area contributed by atoms with Gasteiger partial charge in [-0.1, -0.05) is 18.2 Å². The van der Waals surface area contributed by atoms with E-state index in [2.05, 4.69) is 15.1 Å². The summed E-state index contributed by atoms with van der Waals surface area (Å²) >= 11 is 0. The molecule has 0 spiro atoms. The number of hydrogen-bond acceptors (Lipinski definition) is 5. The number of alkyl halides is 3. The van der Waals surface area contributed by atoms with Crippen LogP contribution in [0.4, 0.5) is 24.5 Å². The van der Waals surface area contributed by atoms with Crippen molar-refractivity contribution < 1.29 is 31.1 Å². The number of para-hydroxylation sites is 2. The number of sulfonamides is 1. The number of methoxy groups -OCH3 is 1. The second-order valence-corrected chi connectivity index (χ2v) is 8.38. The standard InChI is InChI=1S/C20H19F3N4O4S/c1-13-7-8-14(24-19(28)12-27-10-9-18(25-27)20(21,22)23)11-17(13)32(29,30)26-15-5-3-4-6-16(15)31-2/h3-11,26H,12H2,1-2H3,(H,24,28). The van der Waals surface area contributed by atoms with E-state index in [-0.39, 0.29) is 16.3 Å². The van der Waals surface area contributed by atoms with Gasteiger partial charge in [-0.2, -0.15) is 18.3 Å². The van der Waals surface area contributed by atoms with Crippen LogP contribution in [-0.2, 0) is 27.5 Å². The molecule has 3 rings (SSSR count). The monoisotopic (exact) mass is 468 g/mol. The topological polar surface area (TPSA) is 102 Å². The third-order valence-corrected chi connectivity index (χ3v) is 5.86. The number of nitrogens with one attached hydrogen (secondary N) is 2. The number of ether oxygens (including phenoxy) is 1. The van der Waals surface area contributed by atoms with E-state index in [0.717, 1.165) is 16.9 Å². The lowest BCUT2D eigenvalue weighted by Gasteiger charge is -2.14. The number of halogens is 3. The number of rotatable bonds is 7. The van der Waals surface area contributed by atoms with Gasteiger partial charge in [0.2, 0.25) is 5.91 Å². The summed E-state index contributed by atoms with van der Waals surface area (Å²) in [6.45, 7) is 1.11. The summed E-state index contributed by atoms with van der Waals surface area (Å²) in [6, 6.07) is 11.5. The zero-order chi connectivity index (χ0) is 23.5. The first-order chi connectivity index (χ1) is 15.0. The molecule has 0 fully saturated rings. The Hall–Kier alpha value is -3.54. The second-order valence-electron chi connectivity index (χ2n) is 6.73. The van der Waals surface area contributed by atoms with Crippen molar-refractivity contribution in [1.82, 2.24) is 9.78 Å². The predicted molar refractivity (Wildman–Crippen MR) is 111 cm³/mol. The van der Waals surface area contributed by atoms with Crippen LogP contribution in [-0.4, -0.2) is 31.2 Å². The van der Waals surface area contributed by atoms with E-state index in [1.165, 1.54) is 31.4 Å². The Morgan fingerprint density at radius 2 is 1.88 bits per heavy atom. The molecule has 32 heavy (non-hydrogen) atoms. The number of carbonyl (C=O) groups excluding carboxylic acids is 1. The van der Waals surface area contributed by atoms with Gasteiger partial charge < -0.3 is 10.1 Å². The summed E-state index contributed by atoms with van der Waals surface area (Å²) < 4.78 is 72.2. The van der Waals surface area contributed by atoms with Crippen LogP contribution in [0.5, 0.6) is 5.75 Å². The van der Waals surface area contributed by atoms with Gasteiger partial charge in [0.1, 0.15) is 12.3 Å². The molecule has 12 heteroatoms. The normalized spacial score (nSPS) is 11.8. The zero-order valence-corrected chi connectivity index (χ0v) is 17.8. The number of aryl methyl sites for hydroxylation is 1. The molecule has 0 bridgehead atoms. The number of nitrogens with zero attached hydrogens (tertiary/aromatic N) is 2. The molecule has 1 aromatic heterocycles. The minimum Gasteiger partial charge on any atom is -0.495 e. The molecule has 1 amide bonds. The van der Waals surface area contributed by atoms with E-state index in [0.29, 0.717) is 11.3 Å². The molecule has 3 aromatic rings. The number of hydrogen-bond donors (Lipinski definition) is 2. The van der Waals surface area contributed by atoms with Gasteiger partial charge in [0.15, 0.2) is 5.69 Å². The maximum absolute atomic E-state index is 12.9. The van der Waals surface area contributed by atoms with Crippen molar-refractivity contribution in [3.8, 4) is 5.75 Å². The van der Waals surface area contributed by atoms with Gasteiger partial charge in [0.25, 0.3) is 10.0 Å². The first-order valence-electron chi connectivity index (χ1n) is 9.16. The Balaban J connectivity index is 1.77. The number of benzene rings is 2. The first-order valence-corrected chi connectivity index (χ1v) is 10.6. The molecule has 2 N–H and O–H groups in total. The number of carbonyl (C=O) groups is 1. The fourth-order valence-electron chi connectivity index (χ4n) is 2.84. The van der Waals surface area contributed by atoms with E-state index >= 15 is 0 Å². The predicted octanol–water partition coefficient (Wildman–Crippen LogP) is 3.66. The average molecular weight is 468 g/mol. The minimum atomic E-state index is -4.61. The molecule has 2 aromatic carbocycles. The van der Waals surface area contributed by atoms with Gasteiger partial charge in [-0.15, -0.1) is 0 Å². The molecule has 0 unspecified atom stereocenters. The van der Waals surface area contributed by atoms with Crippen molar-refractivity contribution in [2.24, 2.45) is 0 Å². The lowest BCUT2D eigenvalue weighted by molar-refractivity contribution is -0.141. The van der Waals surface area contributed by atoms with Crippen LogP contribution in [0.1, 0.15) is 11.3 Å². The third kappa shape index (κ3) is 5.38. The highest BCUT2D eigenvalue weighted by Crippen LogP contribution is 2.29. The van der Waals surface area contributed by atoms with Gasteiger partial charge in [-0.25, -0.2) is 8.42 Å². The van der Waals surface area contributed by atoms with Gasteiger partial charge >= 0.3 is 6.18 Å². The van der Waals surface area contributed by atoms with Gasteiger partial charge in [-0.05, 0) is 42.8 Å². The smallest absolute Gasteiger partial charge is 0.435 e. The minimum absolute atomic E-state index is 0.0837. The maximum Gasteiger partial charge on any atom is 0.435 e. The molecule has 0 saturated heterocycles. The van der Waals surface area contributed by atoms with Crippen molar-refractivity contribution in [3.05, 3.63) is 66.0 Å². The summed E-state index contributed by atoms with van der Waals surface area (Å²) in [5.74, 6) is -0.345. The second kappa shape index (κ2) is 8.91. The van der Waals surface area contributed by atoms with Gasteiger partial charge in [0, 0.05) is 11.9 Å². The van der Waals surface area contributed by atoms with Gasteiger partial charge in [-0.3, -0.25) is 14.2 Å². The van der Waals surface area contributed by atoms with Crippen LogP contribution in [0.15, 0.2) is 59.6 Å². The van der Waals surface area contributed by atoms with Crippen LogP contribution >= 0.6 is 0 Å². The highest BCUT2D eigenvalue weighted by atomic mass is 32.2. The molecule has 170 valence electrons. The van der Waals surface area contributed by atoms with E-state index < -0.39 is 34.3 Å². The highest BCUT2D eigenvalue weighted by Gasteiger charge is 2.33. The molecule has 8 nitrogen and oxygen atoms in total. The molecular formula is C20H19F3N4O4S. The Morgan fingerprint density at radius 3 is 2.53 bits per heavy atom. The van der Waals surface area contributed by atoms with Crippen LogP contribution in [0.2, 0.25) is 0 Å². The lowest BCUT2D eigenvalue weighted by Crippen LogP contribution is -2.20. The molecule has 0 aliphatic heterocycles. The largest absolute Gasteiger partial charge is 0.495 e. The summed E-state index contributed by atoms with van der Waals surface area (Å²) in [7, 11) is -2.62. The number of amides is 1. The summed E-state index contributed by atoms with van der Waals surface area (Å²) in [6.07, 6.45) is -3.58. The lowest BCUT2D eigenvalue weighted by atomic mass is 10.2. The highest BCUT2D eigenvalue weighted by molar-refractivity contribution is 7.92. The van der Waals surface area contributed by atoms with E-state index in [4.69, 9.17) is 4.74 Å². The average Bonchev–Trinajstić information content (AvgIpc) is 3.18. The van der Waals surface area contributed by atoms with Crippen molar-refractivity contribution in [3.63, 3.8) is 0 Å². The molecule has 0 aliphatic rings. The molecule has 0 radical (unpaired) electrons. The summed E-state index contributed by atoms with van der Waals surface area (Å²) in [5, 5.41) is 5.78. The molecule has 0 atom stereocenters. The van der Waals surface area contributed by atoms with Crippen LogP contribution in [0, 0.1) is 6.92 Å². The number of aromatic nitrogens is 2. The maximum atomic E-state index is 12.9. The summed E-state index contributed by atoms with van der Waals surface area (Å²) in [4.78, 5) is 12.1. The fourth-order valence-corrected chi connectivity index (χ4v) is 4.19. The Kier molecular flexibility index (Phi) is 6.44.